The van der Waals surface area contributed by atoms with E-state index in [1.54, 1.807) is 6.56 Å². The quantitative estimate of drug-likeness (QED) is 0.779. The zero-order valence-electron chi connectivity index (χ0n) is 10.9. The monoisotopic (exact) mass is 308 g/mol. The molecule has 0 fully saturated rings. The summed E-state index contributed by atoms with van der Waals surface area (Å²) in [4.78, 5) is 0. The minimum absolute atomic E-state index is 0.0938. The van der Waals surface area contributed by atoms with Crippen LogP contribution < -0.4 is 5.11 Å². The maximum atomic E-state index is 9.53. The molecule has 0 spiro atoms. The predicted octanol–water partition coefficient (Wildman–Crippen LogP) is 3.49. The summed E-state index contributed by atoms with van der Waals surface area (Å²) >= 11 is -1.27. The van der Waals surface area contributed by atoms with Crippen molar-refractivity contribution in [2.75, 3.05) is 6.61 Å². The second-order valence-electron chi connectivity index (χ2n) is 4.33. The third-order valence-corrected chi connectivity index (χ3v) is 9.56. The van der Waals surface area contributed by atoms with Gasteiger partial charge in [-0.25, -0.2) is 0 Å². The molecule has 0 radical (unpaired) electrons. The fraction of sp³-hybridized carbons (Fsp3) is 0.467. The van der Waals surface area contributed by atoms with Crippen LogP contribution in [0.5, 0.6) is 0 Å². The number of hydrogen-bond acceptors (Lipinski definition) is 1. The Morgan fingerprint density at radius 2 is 1.65 bits per heavy atom. The maximum absolute atomic E-state index is 9.53. The van der Waals surface area contributed by atoms with Crippen LogP contribution in [-0.4, -0.2) is 6.61 Å². The third-order valence-electron chi connectivity index (χ3n) is 3.00. The molecular formula is C15H22OZr. The molecule has 0 amide bonds. The van der Waals surface area contributed by atoms with Gasteiger partial charge in [-0.3, -0.25) is 0 Å². The van der Waals surface area contributed by atoms with Gasteiger partial charge in [0.1, 0.15) is 0 Å². The van der Waals surface area contributed by atoms with E-state index in [0.717, 1.165) is 12.8 Å². The predicted molar refractivity (Wildman–Crippen MR) is 69.3 cm³/mol. The van der Waals surface area contributed by atoms with Gasteiger partial charge in [-0.1, -0.05) is 19.8 Å². The molecule has 1 nitrogen and oxygen atoms in total. The van der Waals surface area contributed by atoms with Crippen molar-refractivity contribution in [1.82, 2.24) is 0 Å². The van der Waals surface area contributed by atoms with Crippen molar-refractivity contribution < 1.29 is 26.9 Å². The zero-order chi connectivity index (χ0) is 12.5. The first kappa shape index (κ1) is 14.9. The molecule has 0 aromatic rings. The van der Waals surface area contributed by atoms with E-state index in [0.29, 0.717) is 0 Å². The standard InChI is InChI=1S/2C5H5.C4H9O.CH3.Zr/c2*1-2-4-5-3-1;1-2-3-4-5;;/h2*1-3H,4H2;2-4H2,1H3;1H3;/q;;-1;;+1. The van der Waals surface area contributed by atoms with Gasteiger partial charge in [0.05, 0.1) is 0 Å². The summed E-state index contributed by atoms with van der Waals surface area (Å²) in [5.41, 5.74) is 0. The fourth-order valence-corrected chi connectivity index (χ4v) is 6.60. The molecule has 0 aliphatic heterocycles. The molecule has 0 saturated heterocycles. The molecule has 17 heavy (non-hydrogen) atoms. The van der Waals surface area contributed by atoms with Crippen LogP contribution in [0.25, 0.3) is 0 Å². The van der Waals surface area contributed by atoms with Crippen LogP contribution in [-0.2, 0) is 21.8 Å². The van der Waals surface area contributed by atoms with Crippen LogP contribution >= 0.6 is 0 Å². The van der Waals surface area contributed by atoms with Crippen LogP contribution in [0, 0.1) is 0 Å². The Morgan fingerprint density at radius 1 is 1.12 bits per heavy atom. The Kier molecular flexibility index (Phi) is 7.72. The van der Waals surface area contributed by atoms with Crippen LogP contribution in [0.15, 0.2) is 43.0 Å². The van der Waals surface area contributed by atoms with Gasteiger partial charge in [0.2, 0.25) is 0 Å². The SMILES string of the molecule is CCCC[O-].[CH3][Zr+]([C]1=CC=CC1)[C]1=CC=CC1. The summed E-state index contributed by atoms with van der Waals surface area (Å²) in [6.07, 6.45) is 18.0. The molecule has 0 atom stereocenters. The molecule has 0 bridgehead atoms. The van der Waals surface area contributed by atoms with E-state index >= 15 is 0 Å². The van der Waals surface area contributed by atoms with E-state index in [-0.39, 0.29) is 6.61 Å². The average molecular weight is 310 g/mol. The summed E-state index contributed by atoms with van der Waals surface area (Å²) in [7, 11) is 0. The van der Waals surface area contributed by atoms with Gasteiger partial charge < -0.3 is 5.11 Å². The Balaban J connectivity index is 0.000000249. The molecular weight excluding hydrogens is 287 g/mol. The fourth-order valence-electron chi connectivity index (χ4n) is 1.80. The first-order valence-corrected chi connectivity index (χ1v) is 11.3. The van der Waals surface area contributed by atoms with Crippen LogP contribution in [0.4, 0.5) is 0 Å². The van der Waals surface area contributed by atoms with E-state index in [9.17, 15) is 5.11 Å². The van der Waals surface area contributed by atoms with Crippen molar-refractivity contribution in [1.29, 1.82) is 0 Å². The van der Waals surface area contributed by atoms with Crippen molar-refractivity contribution in [2.45, 2.75) is 37.2 Å². The zero-order valence-corrected chi connectivity index (χ0v) is 13.4. The van der Waals surface area contributed by atoms with Gasteiger partial charge >= 0.3 is 82.2 Å². The average Bonchev–Trinajstić information content (AvgIpc) is 3.04. The third kappa shape index (κ3) is 5.31. The molecule has 2 rings (SSSR count). The summed E-state index contributed by atoms with van der Waals surface area (Å²) < 4.78 is 6.01. The number of hydrogen-bond donors (Lipinski definition) is 0. The first-order chi connectivity index (χ1) is 8.29. The topological polar surface area (TPSA) is 23.1 Å². The molecule has 2 aliphatic rings. The van der Waals surface area contributed by atoms with E-state index in [1.807, 2.05) is 6.92 Å². The number of rotatable bonds is 4. The van der Waals surface area contributed by atoms with E-state index in [4.69, 9.17) is 0 Å². The Hall–Kier alpha value is -0.197. The normalized spacial score (nSPS) is 16.4. The summed E-state index contributed by atoms with van der Waals surface area (Å²) in [5.74, 6) is 0. The van der Waals surface area contributed by atoms with Crippen LogP contribution in [0.3, 0.4) is 0 Å². The molecule has 0 aromatic carbocycles. The minimum atomic E-state index is -1.27. The van der Waals surface area contributed by atoms with E-state index < -0.39 is 21.8 Å². The van der Waals surface area contributed by atoms with Crippen molar-refractivity contribution in [3.8, 4) is 0 Å². The second-order valence-corrected chi connectivity index (χ2v) is 10.6. The van der Waals surface area contributed by atoms with Crippen molar-refractivity contribution in [2.24, 2.45) is 0 Å². The molecule has 92 valence electrons. The summed E-state index contributed by atoms with van der Waals surface area (Å²) in [6.45, 7) is 2.11. The van der Waals surface area contributed by atoms with Crippen molar-refractivity contribution >= 4 is 0 Å². The van der Waals surface area contributed by atoms with E-state index in [1.165, 1.54) is 12.8 Å². The van der Waals surface area contributed by atoms with Gasteiger partial charge in [0.25, 0.3) is 0 Å². The number of allylic oxidation sites excluding steroid dienone is 8. The molecule has 0 heterocycles. The molecule has 2 aliphatic carbocycles. The molecule has 0 aromatic heterocycles. The van der Waals surface area contributed by atoms with Gasteiger partial charge in [-0.2, -0.15) is 0 Å². The Labute approximate surface area is 113 Å². The van der Waals surface area contributed by atoms with Crippen LogP contribution in [0.1, 0.15) is 32.6 Å². The second kappa shape index (κ2) is 8.83. The van der Waals surface area contributed by atoms with Crippen molar-refractivity contribution in [3.05, 3.63) is 43.0 Å². The molecule has 0 N–H and O–H groups in total. The van der Waals surface area contributed by atoms with Crippen molar-refractivity contribution in [3.63, 3.8) is 0 Å². The Morgan fingerprint density at radius 3 is 1.88 bits per heavy atom. The molecule has 0 saturated carbocycles. The summed E-state index contributed by atoms with van der Waals surface area (Å²) in [5, 5.41) is 9.53. The van der Waals surface area contributed by atoms with Crippen LogP contribution in [0.2, 0.25) is 4.63 Å². The van der Waals surface area contributed by atoms with E-state index in [2.05, 4.69) is 41.1 Å². The first-order valence-electron chi connectivity index (χ1n) is 6.43. The molecule has 2 heteroatoms. The van der Waals surface area contributed by atoms with Gasteiger partial charge in [-0.15, -0.1) is 6.61 Å². The Bertz CT molecular complexity index is 305. The van der Waals surface area contributed by atoms with Gasteiger partial charge in [0.15, 0.2) is 0 Å². The summed E-state index contributed by atoms with van der Waals surface area (Å²) in [6, 6.07) is 0. The van der Waals surface area contributed by atoms with Gasteiger partial charge in [0, 0.05) is 0 Å². The van der Waals surface area contributed by atoms with Gasteiger partial charge in [-0.05, 0) is 0 Å². The number of unbranched alkanes of at least 4 members (excludes halogenated alkanes) is 1. The molecule has 0 unspecified atom stereocenters.